The molecule has 0 bridgehead atoms. The molecule has 1 aromatic carbocycles. The van der Waals surface area contributed by atoms with Crippen molar-refractivity contribution in [2.24, 2.45) is 17.8 Å². The Hall–Kier alpha value is -1.80. The molecule has 4 fully saturated rings. The molecule has 3 aliphatic heterocycles. The second-order valence-corrected chi connectivity index (χ2v) is 11.7. The van der Waals surface area contributed by atoms with Crippen molar-refractivity contribution in [2.75, 3.05) is 44.8 Å². The van der Waals surface area contributed by atoms with Crippen LogP contribution in [0.25, 0.3) is 10.8 Å². The molecule has 6 nitrogen and oxygen atoms in total. The molecule has 4 atom stereocenters. The van der Waals surface area contributed by atoms with Gasteiger partial charge in [-0.15, -0.1) is 0 Å². The van der Waals surface area contributed by atoms with Crippen LogP contribution in [0.4, 0.5) is 10.2 Å². The van der Waals surface area contributed by atoms with Gasteiger partial charge in [0.25, 0.3) is 0 Å². The highest BCUT2D eigenvalue weighted by Crippen LogP contribution is 2.48. The number of rotatable bonds is 5. The molecule has 194 valence electrons. The number of benzene rings is 1. The van der Waals surface area contributed by atoms with Crippen molar-refractivity contribution in [3.63, 3.8) is 0 Å². The lowest BCUT2D eigenvalue weighted by Crippen LogP contribution is -2.55. The van der Waals surface area contributed by atoms with E-state index in [1.807, 2.05) is 19.1 Å². The van der Waals surface area contributed by atoms with E-state index in [9.17, 15) is 9.18 Å². The molecule has 4 aliphatic rings. The second kappa shape index (κ2) is 9.82. The van der Waals surface area contributed by atoms with E-state index in [2.05, 4.69) is 21.3 Å². The lowest BCUT2D eigenvalue weighted by Gasteiger charge is -2.43. The van der Waals surface area contributed by atoms with E-state index in [1.54, 1.807) is 6.20 Å². The van der Waals surface area contributed by atoms with Gasteiger partial charge in [0.1, 0.15) is 12.0 Å². The Balaban J connectivity index is 1.13. The molecule has 3 saturated heterocycles. The molecule has 1 aromatic heterocycles. The highest BCUT2D eigenvalue weighted by atomic mass is 35.5. The maximum Gasteiger partial charge on any atom is 0.228 e. The molecule has 2 aromatic rings. The predicted molar refractivity (Wildman–Crippen MR) is 138 cm³/mol. The standard InChI is InChI=1S/C28H35ClFN3O3/c1-28(16-36-15-25(28)30)33-6-2-17(3-7-33)22-10-19-12-26(31-14-20(19)11-24(22)29)32-27(34)23-13-21(23)18-4-8-35-9-5-18/h10-12,14,17-18,21,23,25H,2-9,13,15-16H2,1H3,(H,31,32,34)/t21?,23?,25-,28+/m1/s1. The Labute approximate surface area is 216 Å². The molecular formula is C28H35ClFN3O3. The van der Waals surface area contributed by atoms with Gasteiger partial charge in [0.2, 0.25) is 5.91 Å². The number of piperidine rings is 1. The maximum absolute atomic E-state index is 14.5. The SMILES string of the molecule is C[C@]1(N2CCC(c3cc4cc(NC(=O)C5CC5C5CCOCC5)ncc4cc3Cl)CC2)COC[C@H]1F. The smallest absolute Gasteiger partial charge is 0.228 e. The zero-order valence-electron chi connectivity index (χ0n) is 20.8. The first kappa shape index (κ1) is 24.5. The molecule has 36 heavy (non-hydrogen) atoms. The van der Waals surface area contributed by atoms with E-state index < -0.39 is 11.7 Å². The number of ether oxygens (including phenoxy) is 2. The quantitative estimate of drug-likeness (QED) is 0.593. The number of anilines is 1. The van der Waals surface area contributed by atoms with Gasteiger partial charge in [0.05, 0.1) is 18.8 Å². The molecule has 2 unspecified atom stereocenters. The number of likely N-dealkylation sites (tertiary alicyclic amines) is 1. The minimum absolute atomic E-state index is 0.0791. The summed E-state index contributed by atoms with van der Waals surface area (Å²) in [6.45, 7) is 5.90. The Morgan fingerprint density at radius 2 is 1.92 bits per heavy atom. The summed E-state index contributed by atoms with van der Waals surface area (Å²) in [6.07, 6.45) is 5.79. The van der Waals surface area contributed by atoms with Crippen LogP contribution in [-0.2, 0) is 14.3 Å². The molecule has 1 N–H and O–H groups in total. The van der Waals surface area contributed by atoms with Crippen LogP contribution in [0, 0.1) is 17.8 Å². The van der Waals surface area contributed by atoms with E-state index in [-0.39, 0.29) is 18.4 Å². The number of alkyl halides is 1. The summed E-state index contributed by atoms with van der Waals surface area (Å²) >= 11 is 6.71. The van der Waals surface area contributed by atoms with Crippen molar-refractivity contribution >= 4 is 34.1 Å². The third kappa shape index (κ3) is 4.64. The van der Waals surface area contributed by atoms with E-state index >= 15 is 0 Å². The van der Waals surface area contributed by atoms with Crippen LogP contribution in [0.5, 0.6) is 0 Å². The summed E-state index contributed by atoms with van der Waals surface area (Å²) < 4.78 is 25.4. The average molecular weight is 516 g/mol. The van der Waals surface area contributed by atoms with Gasteiger partial charge in [-0.05, 0) is 99.0 Å². The highest BCUT2D eigenvalue weighted by Gasteiger charge is 2.48. The van der Waals surface area contributed by atoms with Crippen molar-refractivity contribution in [2.45, 2.75) is 56.7 Å². The van der Waals surface area contributed by atoms with Crippen molar-refractivity contribution in [3.8, 4) is 0 Å². The topological polar surface area (TPSA) is 63.7 Å². The van der Waals surface area contributed by atoms with Gasteiger partial charge >= 0.3 is 0 Å². The number of carbonyl (C=O) groups is 1. The molecular weight excluding hydrogens is 481 g/mol. The van der Waals surface area contributed by atoms with Gasteiger partial charge in [-0.1, -0.05) is 11.6 Å². The van der Waals surface area contributed by atoms with E-state index in [4.69, 9.17) is 21.1 Å². The first-order chi connectivity index (χ1) is 17.4. The summed E-state index contributed by atoms with van der Waals surface area (Å²) in [4.78, 5) is 19.6. The Kier molecular flexibility index (Phi) is 6.69. The van der Waals surface area contributed by atoms with Crippen molar-refractivity contribution < 1.29 is 18.7 Å². The molecule has 0 spiro atoms. The molecule has 1 amide bonds. The monoisotopic (exact) mass is 515 g/mol. The Morgan fingerprint density at radius 1 is 1.14 bits per heavy atom. The van der Waals surface area contributed by atoms with Crippen molar-refractivity contribution in [3.05, 3.63) is 35.0 Å². The molecule has 1 saturated carbocycles. The van der Waals surface area contributed by atoms with E-state index in [1.165, 1.54) is 0 Å². The van der Waals surface area contributed by atoms with Crippen LogP contribution in [0.3, 0.4) is 0 Å². The van der Waals surface area contributed by atoms with Crippen LogP contribution in [0.2, 0.25) is 5.02 Å². The third-order valence-corrected chi connectivity index (χ3v) is 9.45. The Bertz CT molecular complexity index is 1130. The highest BCUT2D eigenvalue weighted by molar-refractivity contribution is 6.32. The van der Waals surface area contributed by atoms with Crippen molar-refractivity contribution in [1.82, 2.24) is 9.88 Å². The van der Waals surface area contributed by atoms with Gasteiger partial charge in [-0.2, -0.15) is 0 Å². The number of fused-ring (bicyclic) bond motifs is 1. The summed E-state index contributed by atoms with van der Waals surface area (Å²) in [5, 5.41) is 5.79. The fourth-order valence-electron chi connectivity index (χ4n) is 6.59. The fraction of sp³-hybridized carbons (Fsp3) is 0.643. The number of nitrogens with zero attached hydrogens (tertiary/aromatic N) is 2. The lowest BCUT2D eigenvalue weighted by atomic mass is 9.85. The lowest BCUT2D eigenvalue weighted by molar-refractivity contribution is -0.117. The third-order valence-electron chi connectivity index (χ3n) is 9.13. The van der Waals surface area contributed by atoms with Gasteiger partial charge in [-0.25, -0.2) is 9.37 Å². The summed E-state index contributed by atoms with van der Waals surface area (Å²) in [6, 6.07) is 6.08. The number of hydrogen-bond donors (Lipinski definition) is 1. The van der Waals surface area contributed by atoms with Crippen LogP contribution in [0.1, 0.15) is 50.5 Å². The molecule has 1 aliphatic carbocycles. The van der Waals surface area contributed by atoms with Gasteiger partial charge in [0, 0.05) is 35.7 Å². The molecule has 6 rings (SSSR count). The minimum Gasteiger partial charge on any atom is -0.381 e. The van der Waals surface area contributed by atoms with Crippen molar-refractivity contribution in [1.29, 1.82) is 0 Å². The molecule has 0 radical (unpaired) electrons. The first-order valence-corrected chi connectivity index (χ1v) is 13.7. The van der Waals surface area contributed by atoms with Crippen LogP contribution in [-0.4, -0.2) is 67.0 Å². The Morgan fingerprint density at radius 3 is 2.64 bits per heavy atom. The number of amides is 1. The summed E-state index contributed by atoms with van der Waals surface area (Å²) in [5.74, 6) is 2.17. The number of pyridine rings is 1. The number of halogens is 2. The second-order valence-electron chi connectivity index (χ2n) is 11.3. The molecule has 8 heteroatoms. The van der Waals surface area contributed by atoms with E-state index in [0.717, 1.165) is 79.8 Å². The van der Waals surface area contributed by atoms with Gasteiger partial charge in [-0.3, -0.25) is 9.69 Å². The maximum atomic E-state index is 14.5. The summed E-state index contributed by atoms with van der Waals surface area (Å²) in [7, 11) is 0. The predicted octanol–water partition coefficient (Wildman–Crippen LogP) is 5.20. The zero-order chi connectivity index (χ0) is 24.9. The minimum atomic E-state index is -0.943. The number of aromatic nitrogens is 1. The van der Waals surface area contributed by atoms with Crippen LogP contribution < -0.4 is 5.32 Å². The normalized spacial score (nSPS) is 32.1. The van der Waals surface area contributed by atoms with Gasteiger partial charge in [0.15, 0.2) is 0 Å². The number of nitrogens with one attached hydrogen (secondary N) is 1. The fourth-order valence-corrected chi connectivity index (χ4v) is 6.92. The zero-order valence-corrected chi connectivity index (χ0v) is 21.6. The number of carbonyl (C=O) groups excluding carboxylic acids is 1. The summed E-state index contributed by atoms with van der Waals surface area (Å²) in [5.41, 5.74) is 0.598. The first-order valence-electron chi connectivity index (χ1n) is 13.4. The van der Waals surface area contributed by atoms with Crippen LogP contribution >= 0.6 is 11.6 Å². The van der Waals surface area contributed by atoms with Gasteiger partial charge < -0.3 is 14.8 Å². The number of hydrogen-bond acceptors (Lipinski definition) is 5. The average Bonchev–Trinajstić information content (AvgIpc) is 3.63. The van der Waals surface area contributed by atoms with E-state index in [0.29, 0.717) is 30.2 Å². The molecule has 4 heterocycles. The largest absolute Gasteiger partial charge is 0.381 e. The van der Waals surface area contributed by atoms with Crippen LogP contribution in [0.15, 0.2) is 24.4 Å².